The lowest BCUT2D eigenvalue weighted by molar-refractivity contribution is -0.892. The number of carbonyl (C=O) groups excluding carboxylic acids is 1. The van der Waals surface area contributed by atoms with Gasteiger partial charge in [-0.3, -0.25) is 14.9 Å². The Kier molecular flexibility index (Phi) is 6.44. The maximum Gasteiger partial charge on any atom is 0.279 e. The fourth-order valence-corrected chi connectivity index (χ4v) is 3.34. The molecule has 1 aliphatic rings. The first-order valence-electron chi connectivity index (χ1n) is 9.41. The molecule has 2 N–H and O–H groups in total. The normalized spacial score (nSPS) is 14.5. The topological polar surface area (TPSA) is 89.2 Å². The number of hydrogen-bond donors (Lipinski definition) is 2. The Bertz CT molecular complexity index is 817. The number of non-ortho nitro benzene ring substituents is 1. The van der Waals surface area contributed by atoms with Crippen LogP contribution in [-0.4, -0.2) is 50.2 Å². The SMILES string of the molecule is CCOc1ccccc1N1CC[NH+](CC(=O)Nc2ccc([N+](=O)[O-])cc2)CC1. The number of carbonyl (C=O) groups is 1. The number of piperazine rings is 1. The van der Waals surface area contributed by atoms with E-state index in [2.05, 4.69) is 16.3 Å². The fourth-order valence-electron chi connectivity index (χ4n) is 3.34. The van der Waals surface area contributed by atoms with Crippen molar-refractivity contribution in [2.24, 2.45) is 0 Å². The number of ether oxygens (including phenoxy) is 1. The Hall–Kier alpha value is -3.13. The summed E-state index contributed by atoms with van der Waals surface area (Å²) in [6, 6.07) is 13.9. The smallest absolute Gasteiger partial charge is 0.279 e. The van der Waals surface area contributed by atoms with Gasteiger partial charge in [0.05, 0.1) is 43.4 Å². The number of rotatable bonds is 7. The lowest BCUT2D eigenvalue weighted by atomic mass is 10.2. The van der Waals surface area contributed by atoms with Crippen LogP contribution in [0.15, 0.2) is 48.5 Å². The Balaban J connectivity index is 1.50. The molecule has 3 rings (SSSR count). The summed E-state index contributed by atoms with van der Waals surface area (Å²) in [7, 11) is 0. The zero-order valence-electron chi connectivity index (χ0n) is 15.9. The predicted molar refractivity (Wildman–Crippen MR) is 107 cm³/mol. The van der Waals surface area contributed by atoms with Gasteiger partial charge in [0.1, 0.15) is 5.75 Å². The number of nitrogens with zero attached hydrogens (tertiary/aromatic N) is 2. The van der Waals surface area contributed by atoms with Crippen LogP contribution in [0.4, 0.5) is 17.1 Å². The molecule has 1 aliphatic heterocycles. The summed E-state index contributed by atoms with van der Waals surface area (Å²) in [5.74, 6) is 0.802. The monoisotopic (exact) mass is 385 g/mol. The maximum absolute atomic E-state index is 12.3. The minimum Gasteiger partial charge on any atom is -0.492 e. The molecule has 8 heteroatoms. The summed E-state index contributed by atoms with van der Waals surface area (Å²) in [5, 5.41) is 13.5. The maximum atomic E-state index is 12.3. The Morgan fingerprint density at radius 1 is 1.18 bits per heavy atom. The van der Waals surface area contributed by atoms with Gasteiger partial charge < -0.3 is 19.9 Å². The van der Waals surface area contributed by atoms with Crippen molar-refractivity contribution in [2.45, 2.75) is 6.92 Å². The van der Waals surface area contributed by atoms with Crippen molar-refractivity contribution >= 4 is 23.0 Å². The number of anilines is 2. The first kappa shape index (κ1) is 19.6. The van der Waals surface area contributed by atoms with Gasteiger partial charge >= 0.3 is 0 Å². The second-order valence-electron chi connectivity index (χ2n) is 6.67. The molecule has 0 unspecified atom stereocenters. The van der Waals surface area contributed by atoms with Crippen LogP contribution in [-0.2, 0) is 4.79 Å². The van der Waals surface area contributed by atoms with E-state index in [9.17, 15) is 14.9 Å². The Morgan fingerprint density at radius 3 is 2.50 bits per heavy atom. The van der Waals surface area contributed by atoms with Crippen molar-refractivity contribution in [2.75, 3.05) is 49.5 Å². The third-order valence-corrected chi connectivity index (χ3v) is 4.75. The highest BCUT2D eigenvalue weighted by molar-refractivity contribution is 5.91. The molecular weight excluding hydrogens is 360 g/mol. The van der Waals surface area contributed by atoms with Crippen molar-refractivity contribution in [3.8, 4) is 5.75 Å². The van der Waals surface area contributed by atoms with Crippen molar-refractivity contribution in [1.82, 2.24) is 0 Å². The zero-order chi connectivity index (χ0) is 19.9. The standard InChI is InChI=1S/C20H24N4O4/c1-2-28-19-6-4-3-5-18(19)23-13-11-22(12-14-23)15-20(25)21-16-7-9-17(10-8-16)24(26)27/h3-10H,2,11-15H2,1H3,(H,21,25)/p+1. The summed E-state index contributed by atoms with van der Waals surface area (Å²) in [6.07, 6.45) is 0. The zero-order valence-corrected chi connectivity index (χ0v) is 15.9. The van der Waals surface area contributed by atoms with Gasteiger partial charge in [0, 0.05) is 17.8 Å². The number of nitro groups is 1. The van der Waals surface area contributed by atoms with E-state index >= 15 is 0 Å². The van der Waals surface area contributed by atoms with Crippen molar-refractivity contribution < 1.29 is 19.4 Å². The van der Waals surface area contributed by atoms with E-state index in [1.165, 1.54) is 17.0 Å². The second-order valence-corrected chi connectivity index (χ2v) is 6.67. The Labute approximate surface area is 163 Å². The van der Waals surface area contributed by atoms with Crippen LogP contribution in [0.1, 0.15) is 6.92 Å². The molecule has 0 bridgehead atoms. The molecule has 0 atom stereocenters. The van der Waals surface area contributed by atoms with Crippen LogP contribution < -0.4 is 19.9 Å². The van der Waals surface area contributed by atoms with Crippen molar-refractivity contribution in [3.05, 3.63) is 58.6 Å². The largest absolute Gasteiger partial charge is 0.492 e. The van der Waals surface area contributed by atoms with Crippen molar-refractivity contribution in [1.29, 1.82) is 0 Å². The summed E-state index contributed by atoms with van der Waals surface area (Å²) in [4.78, 5) is 26.0. The van der Waals surface area contributed by atoms with Crippen LogP contribution in [0, 0.1) is 10.1 Å². The van der Waals surface area contributed by atoms with Crippen molar-refractivity contribution in [3.63, 3.8) is 0 Å². The lowest BCUT2D eigenvalue weighted by Gasteiger charge is -2.34. The molecule has 2 aromatic rings. The number of nitro benzene ring substituents is 1. The fraction of sp³-hybridized carbons (Fsp3) is 0.350. The highest BCUT2D eigenvalue weighted by atomic mass is 16.6. The summed E-state index contributed by atoms with van der Waals surface area (Å²) < 4.78 is 5.72. The molecule has 28 heavy (non-hydrogen) atoms. The molecule has 1 amide bonds. The number of nitrogens with one attached hydrogen (secondary N) is 2. The average molecular weight is 385 g/mol. The molecule has 8 nitrogen and oxygen atoms in total. The van der Waals surface area contributed by atoms with Crippen LogP contribution in [0.5, 0.6) is 5.75 Å². The van der Waals surface area contributed by atoms with E-state index in [0.717, 1.165) is 37.6 Å². The molecule has 0 radical (unpaired) electrons. The molecule has 0 aliphatic carbocycles. The number of benzene rings is 2. The van der Waals surface area contributed by atoms with Gasteiger partial charge in [-0.05, 0) is 31.2 Å². The van der Waals surface area contributed by atoms with Crippen LogP contribution >= 0.6 is 0 Å². The van der Waals surface area contributed by atoms with E-state index < -0.39 is 4.92 Å². The molecule has 1 heterocycles. The molecule has 0 spiro atoms. The third kappa shape index (κ3) is 4.98. The molecule has 2 aromatic carbocycles. The van der Waals surface area contributed by atoms with Gasteiger partial charge in [0.15, 0.2) is 6.54 Å². The van der Waals surface area contributed by atoms with Crippen LogP contribution in [0.3, 0.4) is 0 Å². The quantitative estimate of drug-likeness (QED) is 0.555. The molecule has 0 saturated carbocycles. The molecule has 148 valence electrons. The summed E-state index contributed by atoms with van der Waals surface area (Å²) >= 11 is 0. The van der Waals surface area contributed by atoms with Gasteiger partial charge in [-0.2, -0.15) is 0 Å². The first-order chi connectivity index (χ1) is 13.6. The van der Waals surface area contributed by atoms with Crippen LogP contribution in [0.25, 0.3) is 0 Å². The second kappa shape index (κ2) is 9.18. The Morgan fingerprint density at radius 2 is 1.86 bits per heavy atom. The van der Waals surface area contributed by atoms with Gasteiger partial charge in [-0.25, -0.2) is 0 Å². The summed E-state index contributed by atoms with van der Waals surface area (Å²) in [5.41, 5.74) is 1.67. The minimum absolute atomic E-state index is 0.00656. The third-order valence-electron chi connectivity index (χ3n) is 4.75. The van der Waals surface area contributed by atoms with Gasteiger partial charge in [0.2, 0.25) is 0 Å². The van der Waals surface area contributed by atoms with E-state index in [1.807, 2.05) is 25.1 Å². The number of amides is 1. The molecular formula is C20H25N4O4+. The number of hydrogen-bond acceptors (Lipinski definition) is 5. The van der Waals surface area contributed by atoms with E-state index in [1.54, 1.807) is 12.1 Å². The molecule has 1 saturated heterocycles. The minimum atomic E-state index is -0.459. The predicted octanol–water partition coefficient (Wildman–Crippen LogP) is 1.34. The van der Waals surface area contributed by atoms with E-state index in [-0.39, 0.29) is 11.6 Å². The van der Waals surface area contributed by atoms with E-state index in [0.29, 0.717) is 18.8 Å². The molecule has 0 aromatic heterocycles. The average Bonchev–Trinajstić information content (AvgIpc) is 2.70. The molecule has 1 fully saturated rings. The summed E-state index contributed by atoms with van der Waals surface area (Å²) in [6.45, 7) is 6.39. The number of quaternary nitrogens is 1. The number of para-hydroxylation sites is 2. The van der Waals surface area contributed by atoms with Gasteiger partial charge in [-0.1, -0.05) is 12.1 Å². The first-order valence-corrected chi connectivity index (χ1v) is 9.41. The van der Waals surface area contributed by atoms with Crippen LogP contribution in [0.2, 0.25) is 0 Å². The highest BCUT2D eigenvalue weighted by Crippen LogP contribution is 2.27. The van der Waals surface area contributed by atoms with Gasteiger partial charge in [0.25, 0.3) is 11.6 Å². The van der Waals surface area contributed by atoms with Gasteiger partial charge in [-0.15, -0.1) is 0 Å². The lowest BCUT2D eigenvalue weighted by Crippen LogP contribution is -3.15. The van der Waals surface area contributed by atoms with E-state index in [4.69, 9.17) is 4.74 Å². The highest BCUT2D eigenvalue weighted by Gasteiger charge is 2.24.